The number of aromatic nitrogens is 1. The zero-order valence-electron chi connectivity index (χ0n) is 12.3. The van der Waals surface area contributed by atoms with Crippen molar-refractivity contribution in [1.82, 2.24) is 9.88 Å². The molecule has 0 unspecified atom stereocenters. The maximum Gasteiger partial charge on any atom is 0.223 e. The SMILES string of the molecule is CN(CC(=N)c1cnc(Cl)cc1N)C(=O)CC(C)(C)C. The first-order chi connectivity index (χ1) is 9.10. The van der Waals surface area contributed by atoms with Crippen molar-refractivity contribution in [2.75, 3.05) is 19.3 Å². The van der Waals surface area contributed by atoms with Gasteiger partial charge < -0.3 is 16.0 Å². The third kappa shape index (κ3) is 4.81. The minimum Gasteiger partial charge on any atom is -0.398 e. The summed E-state index contributed by atoms with van der Waals surface area (Å²) in [5.74, 6) is 0.00254. The Bertz CT molecular complexity index is 522. The smallest absolute Gasteiger partial charge is 0.223 e. The molecule has 1 amide bonds. The Balaban J connectivity index is 2.73. The number of nitrogens with one attached hydrogen (secondary N) is 1. The van der Waals surface area contributed by atoms with Crippen molar-refractivity contribution in [1.29, 1.82) is 5.41 Å². The molecule has 0 aliphatic carbocycles. The van der Waals surface area contributed by atoms with E-state index in [1.54, 1.807) is 7.05 Å². The van der Waals surface area contributed by atoms with Crippen LogP contribution in [0.2, 0.25) is 5.15 Å². The molecule has 0 saturated heterocycles. The van der Waals surface area contributed by atoms with E-state index >= 15 is 0 Å². The fraction of sp³-hybridized carbons (Fsp3) is 0.500. The van der Waals surface area contributed by atoms with Crippen molar-refractivity contribution in [2.45, 2.75) is 27.2 Å². The molecule has 20 heavy (non-hydrogen) atoms. The van der Waals surface area contributed by atoms with E-state index in [1.165, 1.54) is 17.2 Å². The van der Waals surface area contributed by atoms with Crippen LogP contribution in [0.15, 0.2) is 12.3 Å². The fourth-order valence-electron chi connectivity index (χ4n) is 1.70. The number of hydrogen-bond acceptors (Lipinski definition) is 4. The molecular weight excluding hydrogens is 276 g/mol. The molecule has 0 saturated carbocycles. The van der Waals surface area contributed by atoms with Gasteiger partial charge in [0.05, 0.1) is 12.3 Å². The quantitative estimate of drug-likeness (QED) is 0.661. The largest absolute Gasteiger partial charge is 0.398 e. The molecular formula is C14H21ClN4O. The van der Waals surface area contributed by atoms with E-state index in [0.717, 1.165) is 0 Å². The molecule has 1 heterocycles. The standard InChI is InChI=1S/C14H21ClN4O/c1-14(2,3)6-13(20)19(4)8-11(17)9-7-18-12(15)5-10(9)16/h5,7,17H,6,8H2,1-4H3,(H2,16,18). The maximum atomic E-state index is 12.0. The molecule has 0 spiro atoms. The zero-order valence-corrected chi connectivity index (χ0v) is 13.1. The molecule has 1 rings (SSSR count). The molecule has 1 aromatic heterocycles. The number of amides is 1. The minimum absolute atomic E-state index is 0.00254. The predicted molar refractivity (Wildman–Crippen MR) is 82.2 cm³/mol. The Kier molecular flexibility index (Phi) is 5.11. The summed E-state index contributed by atoms with van der Waals surface area (Å²) in [6.45, 7) is 6.21. The second-order valence-electron chi connectivity index (χ2n) is 6.06. The number of carbonyl (C=O) groups is 1. The Morgan fingerprint density at radius 1 is 1.50 bits per heavy atom. The average Bonchev–Trinajstić information content (AvgIpc) is 2.26. The van der Waals surface area contributed by atoms with Crippen LogP contribution in [0.5, 0.6) is 0 Å². The molecule has 3 N–H and O–H groups in total. The van der Waals surface area contributed by atoms with Crippen LogP contribution in [0.25, 0.3) is 0 Å². The van der Waals surface area contributed by atoms with Crippen molar-refractivity contribution in [2.24, 2.45) is 5.41 Å². The monoisotopic (exact) mass is 296 g/mol. The van der Waals surface area contributed by atoms with Gasteiger partial charge in [0.15, 0.2) is 0 Å². The Morgan fingerprint density at radius 3 is 2.60 bits per heavy atom. The van der Waals surface area contributed by atoms with E-state index in [1.807, 2.05) is 20.8 Å². The molecule has 0 aliphatic rings. The van der Waals surface area contributed by atoms with E-state index in [4.69, 9.17) is 22.7 Å². The van der Waals surface area contributed by atoms with Crippen LogP contribution < -0.4 is 5.73 Å². The van der Waals surface area contributed by atoms with Gasteiger partial charge in [0.25, 0.3) is 0 Å². The lowest BCUT2D eigenvalue weighted by atomic mass is 9.91. The number of carbonyl (C=O) groups excluding carboxylic acids is 1. The van der Waals surface area contributed by atoms with E-state index in [0.29, 0.717) is 17.7 Å². The molecule has 1 aromatic rings. The normalized spacial score (nSPS) is 11.2. The second kappa shape index (κ2) is 6.22. The highest BCUT2D eigenvalue weighted by atomic mass is 35.5. The lowest BCUT2D eigenvalue weighted by Crippen LogP contribution is -2.34. The Morgan fingerprint density at radius 2 is 2.10 bits per heavy atom. The van der Waals surface area contributed by atoms with Gasteiger partial charge in [-0.3, -0.25) is 4.79 Å². The number of anilines is 1. The summed E-state index contributed by atoms with van der Waals surface area (Å²) in [4.78, 5) is 17.5. The molecule has 110 valence electrons. The van der Waals surface area contributed by atoms with Crippen molar-refractivity contribution >= 4 is 28.9 Å². The number of halogens is 1. The number of nitrogens with zero attached hydrogens (tertiary/aromatic N) is 2. The first kappa shape index (κ1) is 16.4. The van der Waals surface area contributed by atoms with Gasteiger partial charge in [0, 0.05) is 30.9 Å². The second-order valence-corrected chi connectivity index (χ2v) is 6.45. The Labute approximate surface area is 124 Å². The number of pyridine rings is 1. The number of rotatable bonds is 4. The summed E-state index contributed by atoms with van der Waals surface area (Å²) in [6, 6.07) is 1.50. The first-order valence-electron chi connectivity index (χ1n) is 6.33. The molecule has 0 radical (unpaired) electrons. The highest BCUT2D eigenvalue weighted by molar-refractivity contribution is 6.29. The molecule has 0 fully saturated rings. The molecule has 0 aromatic carbocycles. The highest BCUT2D eigenvalue weighted by Crippen LogP contribution is 2.20. The van der Waals surface area contributed by atoms with Gasteiger partial charge in [-0.2, -0.15) is 0 Å². The lowest BCUT2D eigenvalue weighted by Gasteiger charge is -2.23. The summed E-state index contributed by atoms with van der Waals surface area (Å²) < 4.78 is 0. The average molecular weight is 297 g/mol. The van der Waals surface area contributed by atoms with E-state index in [2.05, 4.69) is 4.98 Å². The number of hydrogen-bond donors (Lipinski definition) is 2. The van der Waals surface area contributed by atoms with Crippen molar-refractivity contribution in [3.05, 3.63) is 23.0 Å². The van der Waals surface area contributed by atoms with Gasteiger partial charge in [-0.1, -0.05) is 32.4 Å². The Hall–Kier alpha value is -1.62. The van der Waals surface area contributed by atoms with Crippen molar-refractivity contribution < 1.29 is 4.79 Å². The van der Waals surface area contributed by atoms with Crippen LogP contribution in [-0.4, -0.2) is 35.1 Å². The van der Waals surface area contributed by atoms with Gasteiger partial charge in [0.2, 0.25) is 5.91 Å². The molecule has 5 nitrogen and oxygen atoms in total. The van der Waals surface area contributed by atoms with E-state index in [9.17, 15) is 4.79 Å². The van der Waals surface area contributed by atoms with Crippen LogP contribution in [0.4, 0.5) is 5.69 Å². The minimum atomic E-state index is -0.0750. The molecule has 0 atom stereocenters. The van der Waals surface area contributed by atoms with Crippen molar-refractivity contribution in [3.63, 3.8) is 0 Å². The molecule has 0 aliphatic heterocycles. The maximum absolute atomic E-state index is 12.0. The van der Waals surface area contributed by atoms with Gasteiger partial charge in [-0.15, -0.1) is 0 Å². The van der Waals surface area contributed by atoms with Crippen LogP contribution >= 0.6 is 11.6 Å². The van der Waals surface area contributed by atoms with Gasteiger partial charge in [0.1, 0.15) is 5.15 Å². The van der Waals surface area contributed by atoms with E-state index in [-0.39, 0.29) is 28.7 Å². The summed E-state index contributed by atoms with van der Waals surface area (Å²) in [5, 5.41) is 8.33. The fourth-order valence-corrected chi connectivity index (χ4v) is 1.86. The number of likely N-dealkylation sites (N-methyl/N-ethyl adjacent to an activating group) is 1. The summed E-state index contributed by atoms with van der Waals surface area (Å²) >= 11 is 5.72. The third-order valence-electron chi connectivity index (χ3n) is 2.73. The number of nitrogens with two attached hydrogens (primary N) is 1. The van der Waals surface area contributed by atoms with Crippen LogP contribution in [-0.2, 0) is 4.79 Å². The van der Waals surface area contributed by atoms with Gasteiger partial charge >= 0.3 is 0 Å². The summed E-state index contributed by atoms with van der Waals surface area (Å²) in [6.07, 6.45) is 1.90. The topological polar surface area (TPSA) is 83.1 Å². The third-order valence-corrected chi connectivity index (χ3v) is 2.94. The summed E-state index contributed by atoms with van der Waals surface area (Å²) in [7, 11) is 1.68. The van der Waals surface area contributed by atoms with Crippen molar-refractivity contribution in [3.8, 4) is 0 Å². The van der Waals surface area contributed by atoms with Gasteiger partial charge in [-0.05, 0) is 11.5 Å². The van der Waals surface area contributed by atoms with Crippen LogP contribution in [0.3, 0.4) is 0 Å². The van der Waals surface area contributed by atoms with E-state index < -0.39 is 0 Å². The number of nitrogen functional groups attached to an aromatic ring is 1. The predicted octanol–water partition coefficient (Wildman–Crippen LogP) is 2.58. The molecule has 6 heteroatoms. The first-order valence-corrected chi connectivity index (χ1v) is 6.71. The summed E-state index contributed by atoms with van der Waals surface area (Å²) in [5.41, 5.74) is 6.88. The van der Waals surface area contributed by atoms with Crippen LogP contribution in [0, 0.1) is 10.8 Å². The highest BCUT2D eigenvalue weighted by Gasteiger charge is 2.20. The molecule has 0 bridgehead atoms. The van der Waals surface area contributed by atoms with Gasteiger partial charge in [-0.25, -0.2) is 4.98 Å². The lowest BCUT2D eigenvalue weighted by molar-refractivity contribution is -0.131. The van der Waals surface area contributed by atoms with Crippen LogP contribution in [0.1, 0.15) is 32.8 Å². The zero-order chi connectivity index (χ0) is 15.5.